The first-order valence-corrected chi connectivity index (χ1v) is 7.59. The van der Waals surface area contributed by atoms with Crippen molar-refractivity contribution in [2.24, 2.45) is 0 Å². The van der Waals surface area contributed by atoms with Gasteiger partial charge in [-0.15, -0.1) is 0 Å². The van der Waals surface area contributed by atoms with Gasteiger partial charge in [-0.1, -0.05) is 20.8 Å². The molecule has 0 spiro atoms. The molecule has 1 aromatic carbocycles. The number of alkyl halides is 3. The summed E-state index contributed by atoms with van der Waals surface area (Å²) in [7, 11) is 0. The molecule has 0 atom stereocenters. The van der Waals surface area contributed by atoms with Gasteiger partial charge < -0.3 is 10.2 Å². The molecule has 0 radical (unpaired) electrons. The fourth-order valence-electron chi connectivity index (χ4n) is 2.22. The van der Waals surface area contributed by atoms with Gasteiger partial charge in [0.15, 0.2) is 0 Å². The van der Waals surface area contributed by atoms with E-state index < -0.39 is 11.7 Å². The zero-order valence-corrected chi connectivity index (χ0v) is 13.3. The number of carbonyl (C=O) groups excluding carboxylic acids is 1. The average Bonchev–Trinajstić information content (AvgIpc) is 2.46. The molecule has 0 saturated heterocycles. The number of nitrogens with one attached hydrogen (secondary N) is 1. The summed E-state index contributed by atoms with van der Waals surface area (Å²) in [4.78, 5) is 13.6. The Bertz CT molecular complexity index is 495. The number of halogens is 3. The van der Waals surface area contributed by atoms with E-state index >= 15 is 0 Å². The minimum absolute atomic E-state index is 0.219. The smallest absolute Gasteiger partial charge is 0.370 e. The number of carbonyl (C=O) groups is 1. The SMILES string of the molecule is CCCN(CCC)c1ccc(C(F)(F)F)cc1NC(=O)CC. The summed E-state index contributed by atoms with van der Waals surface area (Å²) in [6.07, 6.45) is -2.45. The molecule has 0 unspecified atom stereocenters. The van der Waals surface area contributed by atoms with Crippen molar-refractivity contribution in [1.82, 2.24) is 0 Å². The first-order valence-electron chi connectivity index (χ1n) is 7.59. The number of anilines is 2. The summed E-state index contributed by atoms with van der Waals surface area (Å²) in [5, 5.41) is 2.59. The van der Waals surface area contributed by atoms with Crippen molar-refractivity contribution < 1.29 is 18.0 Å². The lowest BCUT2D eigenvalue weighted by atomic mass is 10.1. The van der Waals surface area contributed by atoms with E-state index in [1.165, 1.54) is 6.07 Å². The van der Waals surface area contributed by atoms with Gasteiger partial charge in [-0.25, -0.2) is 0 Å². The van der Waals surface area contributed by atoms with E-state index in [2.05, 4.69) is 5.32 Å². The summed E-state index contributed by atoms with van der Waals surface area (Å²) >= 11 is 0. The standard InChI is InChI=1S/C16H23F3N2O/c1-4-9-21(10-5-2)14-8-7-12(16(17,18)19)11-13(14)20-15(22)6-3/h7-8,11H,4-6,9-10H2,1-3H3,(H,20,22). The molecule has 0 aliphatic heterocycles. The largest absolute Gasteiger partial charge is 0.416 e. The van der Waals surface area contributed by atoms with Gasteiger partial charge in [-0.05, 0) is 31.0 Å². The van der Waals surface area contributed by atoms with Gasteiger partial charge in [-0.2, -0.15) is 13.2 Å². The monoisotopic (exact) mass is 316 g/mol. The third-order valence-electron chi connectivity index (χ3n) is 3.25. The number of benzene rings is 1. The predicted molar refractivity (Wildman–Crippen MR) is 83.2 cm³/mol. The number of nitrogens with zero attached hydrogens (tertiary/aromatic N) is 1. The molecule has 1 N–H and O–H groups in total. The zero-order valence-electron chi connectivity index (χ0n) is 13.3. The van der Waals surface area contributed by atoms with Crippen LogP contribution in [0.4, 0.5) is 24.5 Å². The molecule has 6 heteroatoms. The van der Waals surface area contributed by atoms with Crippen molar-refractivity contribution in [3.05, 3.63) is 23.8 Å². The molecule has 0 fully saturated rings. The first-order chi connectivity index (χ1) is 10.3. The molecule has 0 aliphatic rings. The molecule has 124 valence electrons. The Balaban J connectivity index is 3.26. The van der Waals surface area contributed by atoms with E-state index in [9.17, 15) is 18.0 Å². The van der Waals surface area contributed by atoms with Crippen molar-refractivity contribution >= 4 is 17.3 Å². The third-order valence-corrected chi connectivity index (χ3v) is 3.25. The second-order valence-electron chi connectivity index (χ2n) is 5.12. The topological polar surface area (TPSA) is 32.3 Å². The highest BCUT2D eigenvalue weighted by atomic mass is 19.4. The van der Waals surface area contributed by atoms with Crippen LogP contribution in [0.15, 0.2) is 18.2 Å². The van der Waals surface area contributed by atoms with Crippen LogP contribution in [0.1, 0.15) is 45.6 Å². The van der Waals surface area contributed by atoms with Crippen molar-refractivity contribution in [3.63, 3.8) is 0 Å². The molecular weight excluding hydrogens is 293 g/mol. The Labute approximate surface area is 129 Å². The molecule has 1 amide bonds. The molecule has 1 aromatic rings. The maximum absolute atomic E-state index is 12.9. The van der Waals surface area contributed by atoms with Crippen LogP contribution in [0.3, 0.4) is 0 Å². The van der Waals surface area contributed by atoms with Gasteiger partial charge in [0.2, 0.25) is 5.91 Å². The van der Waals surface area contributed by atoms with Gasteiger partial charge >= 0.3 is 6.18 Å². The van der Waals surface area contributed by atoms with Gasteiger partial charge in [0.05, 0.1) is 16.9 Å². The van der Waals surface area contributed by atoms with Crippen LogP contribution >= 0.6 is 0 Å². The highest BCUT2D eigenvalue weighted by Gasteiger charge is 2.31. The fraction of sp³-hybridized carbons (Fsp3) is 0.562. The van der Waals surface area contributed by atoms with Crippen LogP contribution in [0.5, 0.6) is 0 Å². The first kappa shape index (κ1) is 18.3. The normalized spacial score (nSPS) is 11.4. The highest BCUT2D eigenvalue weighted by Crippen LogP contribution is 2.35. The van der Waals surface area contributed by atoms with Crippen LogP contribution in [-0.2, 0) is 11.0 Å². The molecule has 0 aromatic heterocycles. The van der Waals surface area contributed by atoms with Crippen molar-refractivity contribution in [3.8, 4) is 0 Å². The number of hydrogen-bond acceptors (Lipinski definition) is 2. The van der Waals surface area contributed by atoms with E-state index in [-0.39, 0.29) is 18.0 Å². The number of amides is 1. The van der Waals surface area contributed by atoms with Crippen molar-refractivity contribution in [2.45, 2.75) is 46.2 Å². The Morgan fingerprint density at radius 1 is 1.14 bits per heavy atom. The Morgan fingerprint density at radius 3 is 2.18 bits per heavy atom. The fourth-order valence-corrected chi connectivity index (χ4v) is 2.22. The number of rotatable bonds is 7. The molecule has 22 heavy (non-hydrogen) atoms. The summed E-state index contributed by atoms with van der Waals surface area (Å²) in [5.74, 6) is -0.298. The van der Waals surface area contributed by atoms with Gasteiger partial charge in [-0.3, -0.25) is 4.79 Å². The molecular formula is C16H23F3N2O. The Kier molecular flexibility index (Phi) is 6.71. The minimum Gasteiger partial charge on any atom is -0.370 e. The van der Waals surface area contributed by atoms with E-state index in [0.29, 0.717) is 5.69 Å². The summed E-state index contributed by atoms with van der Waals surface area (Å²) in [6, 6.07) is 3.52. The molecule has 0 saturated carbocycles. The van der Waals surface area contributed by atoms with Crippen molar-refractivity contribution in [2.75, 3.05) is 23.3 Å². The van der Waals surface area contributed by atoms with Crippen LogP contribution in [0.2, 0.25) is 0 Å². The molecule has 0 heterocycles. The third kappa shape index (κ3) is 4.93. The van der Waals surface area contributed by atoms with Crippen LogP contribution < -0.4 is 10.2 Å². The molecule has 3 nitrogen and oxygen atoms in total. The van der Waals surface area contributed by atoms with E-state index in [4.69, 9.17) is 0 Å². The lowest BCUT2D eigenvalue weighted by Gasteiger charge is -2.27. The van der Waals surface area contributed by atoms with Gasteiger partial charge in [0.25, 0.3) is 0 Å². The second-order valence-corrected chi connectivity index (χ2v) is 5.12. The van der Waals surface area contributed by atoms with Crippen molar-refractivity contribution in [1.29, 1.82) is 0 Å². The molecule has 1 rings (SSSR count). The van der Waals surface area contributed by atoms with Crippen LogP contribution in [0, 0.1) is 0 Å². The second kappa shape index (κ2) is 8.06. The molecule has 0 bridgehead atoms. The van der Waals surface area contributed by atoms with Gasteiger partial charge in [0.1, 0.15) is 0 Å². The van der Waals surface area contributed by atoms with Crippen LogP contribution in [0.25, 0.3) is 0 Å². The maximum Gasteiger partial charge on any atom is 0.416 e. The Morgan fingerprint density at radius 2 is 1.73 bits per heavy atom. The predicted octanol–water partition coefficient (Wildman–Crippen LogP) is 4.68. The lowest BCUT2D eigenvalue weighted by Crippen LogP contribution is -2.26. The summed E-state index contributed by atoms with van der Waals surface area (Å²) in [5.41, 5.74) is 0.109. The maximum atomic E-state index is 12.9. The van der Waals surface area contributed by atoms with E-state index in [0.717, 1.165) is 38.1 Å². The Hall–Kier alpha value is -1.72. The van der Waals surface area contributed by atoms with E-state index in [1.807, 2.05) is 18.7 Å². The average molecular weight is 316 g/mol. The molecule has 0 aliphatic carbocycles. The van der Waals surface area contributed by atoms with Gasteiger partial charge in [0, 0.05) is 19.5 Å². The quantitative estimate of drug-likeness (QED) is 0.792. The number of hydrogen-bond donors (Lipinski definition) is 1. The highest BCUT2D eigenvalue weighted by molar-refractivity contribution is 5.94. The van der Waals surface area contributed by atoms with E-state index in [1.54, 1.807) is 6.92 Å². The minimum atomic E-state index is -4.43. The van der Waals surface area contributed by atoms with Crippen LogP contribution in [-0.4, -0.2) is 19.0 Å². The lowest BCUT2D eigenvalue weighted by molar-refractivity contribution is -0.137. The summed E-state index contributed by atoms with van der Waals surface area (Å²) in [6.45, 7) is 7.15. The summed E-state index contributed by atoms with van der Waals surface area (Å²) < 4.78 is 38.7. The zero-order chi connectivity index (χ0) is 16.8.